The Balaban J connectivity index is 1.71. The van der Waals surface area contributed by atoms with Gasteiger partial charge in [0.05, 0.1) is 17.0 Å². The van der Waals surface area contributed by atoms with E-state index in [9.17, 15) is 5.26 Å². The Kier molecular flexibility index (Phi) is 4.25. The van der Waals surface area contributed by atoms with E-state index in [1.54, 1.807) is 11.3 Å². The second kappa shape index (κ2) is 6.70. The fourth-order valence-electron chi connectivity index (χ4n) is 3.41. The molecule has 0 spiro atoms. The van der Waals surface area contributed by atoms with Crippen LogP contribution in [-0.4, -0.2) is 11.6 Å². The van der Waals surface area contributed by atoms with Gasteiger partial charge in [0.2, 0.25) is 0 Å². The Hall–Kier alpha value is -2.64. The van der Waals surface area contributed by atoms with Crippen LogP contribution < -0.4 is 4.74 Å². The summed E-state index contributed by atoms with van der Waals surface area (Å²) in [6, 6.07) is 14.5. The number of nitrogens with zero attached hydrogens (tertiary/aromatic N) is 2. The normalized spacial score (nSPS) is 12.6. The first-order valence-corrected chi connectivity index (χ1v) is 9.36. The molecule has 0 N–H and O–H groups in total. The Morgan fingerprint density at radius 3 is 3.00 bits per heavy atom. The number of rotatable bonds is 4. The van der Waals surface area contributed by atoms with Crippen LogP contribution in [0.3, 0.4) is 0 Å². The van der Waals surface area contributed by atoms with Crippen molar-refractivity contribution >= 4 is 11.3 Å². The minimum absolute atomic E-state index is 0.550. The van der Waals surface area contributed by atoms with Gasteiger partial charge in [0.15, 0.2) is 0 Å². The number of ether oxygens (including phenoxy) is 1. The lowest BCUT2D eigenvalue weighted by Crippen LogP contribution is -1.94. The van der Waals surface area contributed by atoms with Crippen molar-refractivity contribution in [1.29, 1.82) is 5.26 Å². The number of nitriles is 1. The maximum Gasteiger partial charge on any atom is 0.137 e. The van der Waals surface area contributed by atoms with E-state index in [0.29, 0.717) is 17.9 Å². The number of hydrogen-bond donors (Lipinski definition) is 0. The molecule has 0 amide bonds. The van der Waals surface area contributed by atoms with Crippen LogP contribution in [0, 0.1) is 11.3 Å². The average molecular weight is 346 g/mol. The van der Waals surface area contributed by atoms with Crippen LogP contribution in [0.2, 0.25) is 0 Å². The monoisotopic (exact) mass is 346 g/mol. The molecule has 3 aromatic rings. The van der Waals surface area contributed by atoms with Crippen LogP contribution >= 0.6 is 11.3 Å². The van der Waals surface area contributed by atoms with E-state index < -0.39 is 0 Å². The molecule has 1 aliphatic rings. The third kappa shape index (κ3) is 2.92. The number of thiazole rings is 1. The van der Waals surface area contributed by atoms with Gasteiger partial charge in [0.1, 0.15) is 16.8 Å². The van der Waals surface area contributed by atoms with Crippen molar-refractivity contribution in [2.24, 2.45) is 0 Å². The largest absolute Gasteiger partial charge is 0.492 e. The zero-order valence-electron chi connectivity index (χ0n) is 14.1. The average Bonchev–Trinajstić information content (AvgIpc) is 3.31. The molecule has 0 radical (unpaired) electrons. The molecule has 0 saturated heterocycles. The molecule has 25 heavy (non-hydrogen) atoms. The lowest BCUT2D eigenvalue weighted by Gasteiger charge is -2.06. The summed E-state index contributed by atoms with van der Waals surface area (Å²) in [5.74, 6) is 0.631. The lowest BCUT2D eigenvalue weighted by molar-refractivity contribution is 0.339. The van der Waals surface area contributed by atoms with E-state index in [0.717, 1.165) is 17.0 Å². The molecule has 0 saturated carbocycles. The van der Waals surface area contributed by atoms with Crippen LogP contribution in [-0.2, 0) is 12.8 Å². The number of hydrogen-bond acceptors (Lipinski definition) is 4. The Labute approximate surface area is 151 Å². The van der Waals surface area contributed by atoms with E-state index in [2.05, 4.69) is 29.3 Å². The maximum absolute atomic E-state index is 9.36. The van der Waals surface area contributed by atoms with Crippen molar-refractivity contribution in [3.63, 3.8) is 0 Å². The summed E-state index contributed by atoms with van der Waals surface area (Å²) in [6.07, 6.45) is 5.53. The van der Waals surface area contributed by atoms with Gasteiger partial charge in [0, 0.05) is 11.8 Å². The van der Waals surface area contributed by atoms with E-state index in [1.165, 1.54) is 34.4 Å². The molecule has 4 heteroatoms. The van der Waals surface area contributed by atoms with Gasteiger partial charge in [0.25, 0.3) is 0 Å². The van der Waals surface area contributed by atoms with Crippen molar-refractivity contribution < 1.29 is 4.74 Å². The molecule has 1 aromatic heterocycles. The molecule has 1 aliphatic carbocycles. The first-order valence-electron chi connectivity index (χ1n) is 8.54. The number of fused-ring (bicyclic) bond motifs is 1. The molecule has 0 aliphatic heterocycles. The fraction of sp³-hybridized carbons (Fsp3) is 0.238. The summed E-state index contributed by atoms with van der Waals surface area (Å²) in [5.41, 5.74) is 5.77. The molecule has 0 fully saturated rings. The molecule has 0 atom stereocenters. The van der Waals surface area contributed by atoms with Crippen LogP contribution in [0.25, 0.3) is 21.0 Å². The van der Waals surface area contributed by atoms with Crippen molar-refractivity contribution in [3.05, 3.63) is 59.3 Å². The minimum atomic E-state index is 0.550. The molecular weight excluding hydrogens is 328 g/mol. The third-order valence-electron chi connectivity index (χ3n) is 4.56. The molecule has 1 heterocycles. The van der Waals surface area contributed by atoms with Crippen LogP contribution in [0.1, 0.15) is 30.0 Å². The van der Waals surface area contributed by atoms with Crippen LogP contribution in [0.5, 0.6) is 5.75 Å². The number of aryl methyl sites for hydroxylation is 1. The third-order valence-corrected chi connectivity index (χ3v) is 5.64. The predicted molar refractivity (Wildman–Crippen MR) is 101 cm³/mol. The zero-order valence-corrected chi connectivity index (χ0v) is 14.9. The maximum atomic E-state index is 9.36. The van der Waals surface area contributed by atoms with Gasteiger partial charge in [-0.1, -0.05) is 18.2 Å². The van der Waals surface area contributed by atoms with Gasteiger partial charge in [-0.2, -0.15) is 5.26 Å². The van der Waals surface area contributed by atoms with Gasteiger partial charge in [-0.05, 0) is 61.1 Å². The summed E-state index contributed by atoms with van der Waals surface area (Å²) in [7, 11) is 0. The standard InChI is InChI=1S/C21H18N2OS/c1-2-24-19-10-9-15(11-16(19)12-22)21-23-13-20(25-21)18-8-4-6-14-5-3-7-17(14)18/h4,6,8-11,13H,2-3,5,7H2,1H3. The summed E-state index contributed by atoms with van der Waals surface area (Å²) in [6.45, 7) is 2.47. The number of benzene rings is 2. The van der Waals surface area contributed by atoms with E-state index >= 15 is 0 Å². The second-order valence-electron chi connectivity index (χ2n) is 6.08. The highest BCUT2D eigenvalue weighted by atomic mass is 32.1. The smallest absolute Gasteiger partial charge is 0.137 e. The molecule has 4 rings (SSSR count). The van der Waals surface area contributed by atoms with Gasteiger partial charge in [-0.15, -0.1) is 11.3 Å². The zero-order chi connectivity index (χ0) is 17.2. The highest BCUT2D eigenvalue weighted by molar-refractivity contribution is 7.18. The quantitative estimate of drug-likeness (QED) is 0.649. The predicted octanol–water partition coefficient (Wildman–Crippen LogP) is 5.24. The molecule has 3 nitrogen and oxygen atoms in total. The summed E-state index contributed by atoms with van der Waals surface area (Å²) < 4.78 is 5.50. The topological polar surface area (TPSA) is 45.9 Å². The first-order chi connectivity index (χ1) is 12.3. The SMILES string of the molecule is CCOc1ccc(-c2ncc(-c3cccc4c3CCC4)s2)cc1C#N. The second-order valence-corrected chi connectivity index (χ2v) is 7.11. The van der Waals surface area contributed by atoms with Crippen LogP contribution in [0.4, 0.5) is 0 Å². The van der Waals surface area contributed by atoms with Gasteiger partial charge in [-0.25, -0.2) is 4.98 Å². The summed E-state index contributed by atoms with van der Waals surface area (Å²) >= 11 is 1.68. The lowest BCUT2D eigenvalue weighted by atomic mass is 10.0. The molecule has 0 unspecified atom stereocenters. The molecule has 2 aromatic carbocycles. The molecule has 124 valence electrons. The first kappa shape index (κ1) is 15.9. The Morgan fingerprint density at radius 1 is 1.24 bits per heavy atom. The van der Waals surface area contributed by atoms with Crippen LogP contribution in [0.15, 0.2) is 42.6 Å². The van der Waals surface area contributed by atoms with E-state index in [1.807, 2.05) is 31.3 Å². The molecular formula is C21H18N2OS. The van der Waals surface area contributed by atoms with E-state index in [4.69, 9.17) is 4.74 Å². The highest BCUT2D eigenvalue weighted by Gasteiger charge is 2.17. The van der Waals surface area contributed by atoms with E-state index in [-0.39, 0.29) is 0 Å². The van der Waals surface area contributed by atoms with Crippen molar-refractivity contribution in [1.82, 2.24) is 4.98 Å². The Morgan fingerprint density at radius 2 is 2.16 bits per heavy atom. The number of aromatic nitrogens is 1. The summed E-state index contributed by atoms with van der Waals surface area (Å²) in [4.78, 5) is 5.80. The van der Waals surface area contributed by atoms with Gasteiger partial charge < -0.3 is 4.74 Å². The Bertz CT molecular complexity index is 968. The summed E-state index contributed by atoms with van der Waals surface area (Å²) in [5, 5.41) is 10.3. The minimum Gasteiger partial charge on any atom is -0.492 e. The highest BCUT2D eigenvalue weighted by Crippen LogP contribution is 2.38. The van der Waals surface area contributed by atoms with Crippen molar-refractivity contribution in [3.8, 4) is 32.8 Å². The molecule has 0 bridgehead atoms. The van der Waals surface area contributed by atoms with Gasteiger partial charge in [-0.3, -0.25) is 0 Å². The fourth-order valence-corrected chi connectivity index (χ4v) is 4.38. The van der Waals surface area contributed by atoms with Crippen molar-refractivity contribution in [2.75, 3.05) is 6.61 Å². The van der Waals surface area contributed by atoms with Crippen molar-refractivity contribution in [2.45, 2.75) is 26.2 Å². The van der Waals surface area contributed by atoms with Gasteiger partial charge >= 0.3 is 0 Å².